The summed E-state index contributed by atoms with van der Waals surface area (Å²) >= 11 is 0. The number of aryl methyl sites for hydroxylation is 1. The van der Waals surface area contributed by atoms with Crippen LogP contribution in [0, 0.1) is 12.3 Å². The van der Waals surface area contributed by atoms with Gasteiger partial charge in [0.2, 0.25) is 0 Å². The van der Waals surface area contributed by atoms with Crippen LogP contribution in [0.3, 0.4) is 0 Å². The number of hydrogen-bond donors (Lipinski definition) is 1. The van der Waals surface area contributed by atoms with Crippen LogP contribution in [0.25, 0.3) is 0 Å². The zero-order chi connectivity index (χ0) is 13.4. The van der Waals surface area contributed by atoms with E-state index in [-0.39, 0.29) is 0 Å². The maximum atomic E-state index is 10.9. The summed E-state index contributed by atoms with van der Waals surface area (Å²) < 4.78 is 5.41. The highest BCUT2D eigenvalue weighted by Crippen LogP contribution is 2.47. The van der Waals surface area contributed by atoms with E-state index in [0.29, 0.717) is 5.41 Å². The summed E-state index contributed by atoms with van der Waals surface area (Å²) in [5, 5.41) is 10.9. The van der Waals surface area contributed by atoms with Gasteiger partial charge in [-0.25, -0.2) is 0 Å². The Bertz CT molecular complexity index is 425. The Kier molecular flexibility index (Phi) is 3.41. The molecule has 1 aliphatic carbocycles. The van der Waals surface area contributed by atoms with Gasteiger partial charge in [0, 0.05) is 5.56 Å². The number of methoxy groups -OCH3 is 1. The molecule has 0 amide bonds. The molecule has 0 aliphatic heterocycles. The predicted octanol–water partition coefficient (Wildman–Crippen LogP) is 3.79. The van der Waals surface area contributed by atoms with Crippen LogP contribution in [0.1, 0.15) is 50.7 Å². The van der Waals surface area contributed by atoms with Crippen molar-refractivity contribution in [3.63, 3.8) is 0 Å². The number of benzene rings is 1. The van der Waals surface area contributed by atoms with Crippen LogP contribution in [0.5, 0.6) is 5.75 Å². The Balaban J connectivity index is 2.33. The highest BCUT2D eigenvalue weighted by atomic mass is 16.5. The second kappa shape index (κ2) is 4.58. The molecular weight excluding hydrogens is 224 g/mol. The lowest BCUT2D eigenvalue weighted by atomic mass is 9.68. The fourth-order valence-corrected chi connectivity index (χ4v) is 2.80. The lowest BCUT2D eigenvalue weighted by Crippen LogP contribution is -2.35. The van der Waals surface area contributed by atoms with Gasteiger partial charge in [-0.1, -0.05) is 25.5 Å². The molecule has 0 unspecified atom stereocenters. The Morgan fingerprint density at radius 2 is 1.72 bits per heavy atom. The molecule has 1 fully saturated rings. The van der Waals surface area contributed by atoms with E-state index in [1.807, 2.05) is 12.1 Å². The summed E-state index contributed by atoms with van der Waals surface area (Å²) in [6, 6.07) is 6.05. The van der Waals surface area contributed by atoms with Crippen LogP contribution in [0.15, 0.2) is 18.2 Å². The third-order valence-electron chi connectivity index (χ3n) is 4.29. The first-order valence-corrected chi connectivity index (χ1v) is 6.74. The van der Waals surface area contributed by atoms with E-state index in [1.54, 1.807) is 7.11 Å². The van der Waals surface area contributed by atoms with Crippen molar-refractivity contribution in [2.24, 2.45) is 5.41 Å². The van der Waals surface area contributed by atoms with E-state index in [4.69, 9.17) is 4.74 Å². The average Bonchev–Trinajstić information content (AvgIpc) is 2.33. The predicted molar refractivity (Wildman–Crippen MR) is 73.9 cm³/mol. The van der Waals surface area contributed by atoms with Crippen molar-refractivity contribution in [3.05, 3.63) is 29.3 Å². The van der Waals surface area contributed by atoms with E-state index < -0.39 is 5.60 Å². The number of aliphatic hydroxyl groups is 1. The van der Waals surface area contributed by atoms with Crippen molar-refractivity contribution in [2.45, 2.75) is 52.1 Å². The maximum Gasteiger partial charge on any atom is 0.124 e. The SMILES string of the molecule is COc1ccc(C)cc1C1(O)CCC(C)(C)CC1. The molecule has 18 heavy (non-hydrogen) atoms. The maximum absolute atomic E-state index is 10.9. The molecule has 1 N–H and O–H groups in total. The first-order valence-electron chi connectivity index (χ1n) is 6.74. The minimum absolute atomic E-state index is 0.350. The fraction of sp³-hybridized carbons (Fsp3) is 0.625. The van der Waals surface area contributed by atoms with Crippen LogP contribution in [-0.4, -0.2) is 12.2 Å². The standard InChI is InChI=1S/C16H24O2/c1-12-5-6-14(18-4)13(11-12)16(17)9-7-15(2,3)8-10-16/h5-6,11,17H,7-10H2,1-4H3. The topological polar surface area (TPSA) is 29.5 Å². The number of rotatable bonds is 2. The summed E-state index contributed by atoms with van der Waals surface area (Å²) in [5.74, 6) is 0.808. The van der Waals surface area contributed by atoms with Crippen molar-refractivity contribution < 1.29 is 9.84 Å². The zero-order valence-corrected chi connectivity index (χ0v) is 11.9. The second-order valence-corrected chi connectivity index (χ2v) is 6.40. The molecule has 1 saturated carbocycles. The lowest BCUT2D eigenvalue weighted by Gasteiger charge is -2.41. The van der Waals surface area contributed by atoms with Gasteiger partial charge in [-0.15, -0.1) is 0 Å². The van der Waals surface area contributed by atoms with Crippen LogP contribution < -0.4 is 4.74 Å². The Hall–Kier alpha value is -1.02. The molecule has 1 aliphatic rings. The smallest absolute Gasteiger partial charge is 0.124 e. The normalized spacial score (nSPS) is 21.6. The van der Waals surface area contributed by atoms with Crippen LogP contribution in [0.4, 0.5) is 0 Å². The summed E-state index contributed by atoms with van der Waals surface area (Å²) in [6.45, 7) is 6.61. The van der Waals surface area contributed by atoms with Gasteiger partial charge in [-0.05, 0) is 50.2 Å². The molecular formula is C16H24O2. The van der Waals surface area contributed by atoms with Crippen molar-refractivity contribution >= 4 is 0 Å². The molecule has 1 aromatic carbocycles. The Labute approximate surface area is 110 Å². The van der Waals surface area contributed by atoms with Crippen LogP contribution in [-0.2, 0) is 5.60 Å². The van der Waals surface area contributed by atoms with E-state index in [2.05, 4.69) is 26.8 Å². The molecule has 100 valence electrons. The molecule has 2 rings (SSSR count). The van der Waals surface area contributed by atoms with Gasteiger partial charge in [-0.2, -0.15) is 0 Å². The minimum atomic E-state index is -0.715. The quantitative estimate of drug-likeness (QED) is 0.862. The molecule has 0 spiro atoms. The van der Waals surface area contributed by atoms with Gasteiger partial charge in [0.25, 0.3) is 0 Å². The molecule has 2 heteroatoms. The summed E-state index contributed by atoms with van der Waals surface area (Å²) in [4.78, 5) is 0. The molecule has 2 nitrogen and oxygen atoms in total. The summed E-state index contributed by atoms with van der Waals surface area (Å²) in [7, 11) is 1.67. The lowest BCUT2D eigenvalue weighted by molar-refractivity contribution is -0.0321. The summed E-state index contributed by atoms with van der Waals surface area (Å²) in [5.41, 5.74) is 1.76. The number of ether oxygens (including phenoxy) is 1. The van der Waals surface area contributed by atoms with Gasteiger partial charge in [0.05, 0.1) is 12.7 Å². The van der Waals surface area contributed by atoms with E-state index in [0.717, 1.165) is 37.0 Å². The van der Waals surface area contributed by atoms with Gasteiger partial charge in [0.1, 0.15) is 5.75 Å². The fourth-order valence-electron chi connectivity index (χ4n) is 2.80. The summed E-state index contributed by atoms with van der Waals surface area (Å²) in [6.07, 6.45) is 3.75. The number of hydrogen-bond acceptors (Lipinski definition) is 2. The van der Waals surface area contributed by atoms with E-state index in [1.165, 1.54) is 5.56 Å². The highest BCUT2D eigenvalue weighted by Gasteiger charge is 2.39. The van der Waals surface area contributed by atoms with Crippen molar-refractivity contribution in [2.75, 3.05) is 7.11 Å². The van der Waals surface area contributed by atoms with Crippen LogP contribution >= 0.6 is 0 Å². The van der Waals surface area contributed by atoms with E-state index >= 15 is 0 Å². The van der Waals surface area contributed by atoms with E-state index in [9.17, 15) is 5.11 Å². The largest absolute Gasteiger partial charge is 0.496 e. The second-order valence-electron chi connectivity index (χ2n) is 6.40. The van der Waals surface area contributed by atoms with Gasteiger partial charge >= 0.3 is 0 Å². The highest BCUT2D eigenvalue weighted by molar-refractivity contribution is 5.41. The van der Waals surface area contributed by atoms with Crippen LogP contribution in [0.2, 0.25) is 0 Å². The molecule has 0 heterocycles. The molecule has 0 aromatic heterocycles. The average molecular weight is 248 g/mol. The molecule has 0 saturated heterocycles. The Morgan fingerprint density at radius 3 is 2.28 bits per heavy atom. The molecule has 0 atom stereocenters. The first kappa shape index (κ1) is 13.4. The first-order chi connectivity index (χ1) is 8.36. The third-order valence-corrected chi connectivity index (χ3v) is 4.29. The third kappa shape index (κ3) is 2.54. The monoisotopic (exact) mass is 248 g/mol. The van der Waals surface area contributed by atoms with Gasteiger partial charge < -0.3 is 9.84 Å². The molecule has 0 radical (unpaired) electrons. The van der Waals surface area contributed by atoms with Crippen molar-refractivity contribution in [1.82, 2.24) is 0 Å². The van der Waals surface area contributed by atoms with Crippen molar-refractivity contribution in [3.8, 4) is 5.75 Å². The van der Waals surface area contributed by atoms with Gasteiger partial charge in [0.15, 0.2) is 0 Å². The molecule has 1 aromatic rings. The minimum Gasteiger partial charge on any atom is -0.496 e. The zero-order valence-electron chi connectivity index (χ0n) is 11.9. The van der Waals surface area contributed by atoms with Crippen molar-refractivity contribution in [1.29, 1.82) is 0 Å². The molecule has 0 bridgehead atoms. The Morgan fingerprint density at radius 1 is 1.11 bits per heavy atom. The van der Waals surface area contributed by atoms with Gasteiger partial charge in [-0.3, -0.25) is 0 Å².